The van der Waals surface area contributed by atoms with Crippen LogP contribution in [0.3, 0.4) is 0 Å². The predicted molar refractivity (Wildman–Crippen MR) is 102 cm³/mol. The summed E-state index contributed by atoms with van der Waals surface area (Å²) in [6.07, 6.45) is 0. The lowest BCUT2D eigenvalue weighted by Gasteiger charge is -2.23. The number of benzene rings is 1. The highest BCUT2D eigenvalue weighted by Crippen LogP contribution is 2.28. The summed E-state index contributed by atoms with van der Waals surface area (Å²) < 4.78 is 30.2. The third kappa shape index (κ3) is 5.82. The van der Waals surface area contributed by atoms with Gasteiger partial charge in [0, 0.05) is 13.7 Å². The Hall–Kier alpha value is -1.40. The van der Waals surface area contributed by atoms with Crippen LogP contribution >= 0.6 is 0 Å². The molecule has 142 valence electrons. The van der Waals surface area contributed by atoms with Gasteiger partial charge in [0.2, 0.25) is 5.91 Å². The van der Waals surface area contributed by atoms with E-state index in [1.807, 2.05) is 26.0 Å². The highest BCUT2D eigenvalue weighted by atomic mass is 32.2. The summed E-state index contributed by atoms with van der Waals surface area (Å²) in [6, 6.07) is 4.09. The van der Waals surface area contributed by atoms with E-state index in [-0.39, 0.29) is 11.2 Å². The Labute approximate surface area is 152 Å². The molecule has 1 unspecified atom stereocenters. The first-order valence-electron chi connectivity index (χ1n) is 8.49. The van der Waals surface area contributed by atoms with Crippen molar-refractivity contribution >= 4 is 15.7 Å². The van der Waals surface area contributed by atoms with Crippen LogP contribution in [0.5, 0.6) is 0 Å². The maximum atomic E-state index is 12.7. The zero-order valence-corrected chi connectivity index (χ0v) is 17.2. The summed E-state index contributed by atoms with van der Waals surface area (Å²) in [5.74, 6) is -0.618. The third-order valence-corrected chi connectivity index (χ3v) is 6.40. The van der Waals surface area contributed by atoms with Crippen molar-refractivity contribution in [3.05, 3.63) is 34.4 Å². The van der Waals surface area contributed by atoms with Crippen molar-refractivity contribution in [1.29, 1.82) is 0 Å². The Bertz CT molecular complexity index is 694. The second-order valence-corrected chi connectivity index (χ2v) is 9.89. The van der Waals surface area contributed by atoms with Crippen LogP contribution in [0.25, 0.3) is 0 Å². The summed E-state index contributed by atoms with van der Waals surface area (Å²) >= 11 is 0. The van der Waals surface area contributed by atoms with E-state index in [0.717, 1.165) is 16.7 Å². The fraction of sp³-hybridized carbons (Fsp3) is 0.632. The van der Waals surface area contributed by atoms with Gasteiger partial charge in [-0.3, -0.25) is 4.79 Å². The molecule has 0 aliphatic rings. The minimum atomic E-state index is -3.60. The Kier molecular flexibility index (Phi) is 7.20. The van der Waals surface area contributed by atoms with Crippen molar-refractivity contribution in [1.82, 2.24) is 5.32 Å². The molecule has 5 nitrogen and oxygen atoms in total. The minimum absolute atomic E-state index is 0.00144. The molecular formula is C19H31NO4S. The summed E-state index contributed by atoms with van der Waals surface area (Å²) in [5.41, 5.74) is 3.85. The molecule has 1 rings (SSSR count). The molecule has 0 saturated heterocycles. The van der Waals surface area contributed by atoms with Crippen molar-refractivity contribution in [2.75, 3.05) is 20.3 Å². The lowest BCUT2D eigenvalue weighted by atomic mass is 9.84. The van der Waals surface area contributed by atoms with E-state index in [9.17, 15) is 13.2 Å². The molecule has 0 aliphatic carbocycles. The number of rotatable bonds is 7. The van der Waals surface area contributed by atoms with Gasteiger partial charge >= 0.3 is 0 Å². The zero-order chi connectivity index (χ0) is 19.4. The predicted octanol–water partition coefficient (Wildman–Crippen LogP) is 2.67. The van der Waals surface area contributed by atoms with Gasteiger partial charge in [0.25, 0.3) is 0 Å². The molecule has 1 aromatic rings. The number of sulfone groups is 1. The quantitative estimate of drug-likeness (QED) is 0.750. The third-order valence-electron chi connectivity index (χ3n) is 4.42. The van der Waals surface area contributed by atoms with Gasteiger partial charge in [-0.1, -0.05) is 32.9 Å². The molecule has 1 amide bonds. The summed E-state index contributed by atoms with van der Waals surface area (Å²) in [6.45, 7) is 12.3. The van der Waals surface area contributed by atoms with Crippen LogP contribution in [0.4, 0.5) is 0 Å². The number of carbonyl (C=O) groups excluding carboxylic acids is 1. The van der Waals surface area contributed by atoms with E-state index < -0.39 is 21.0 Å². The number of methoxy groups -OCH3 is 1. The van der Waals surface area contributed by atoms with Crippen LogP contribution < -0.4 is 5.32 Å². The Morgan fingerprint density at radius 1 is 1.20 bits per heavy atom. The monoisotopic (exact) mass is 369 g/mol. The van der Waals surface area contributed by atoms with Gasteiger partial charge in [-0.2, -0.15) is 0 Å². The SMILES string of the molecule is COCCNC(=O)C(C)S(=O)(=O)Cc1c(C)cc(C(C)(C)C)cc1C. The van der Waals surface area contributed by atoms with E-state index in [1.165, 1.54) is 19.6 Å². The molecular weight excluding hydrogens is 338 g/mol. The molecule has 25 heavy (non-hydrogen) atoms. The molecule has 0 bridgehead atoms. The minimum Gasteiger partial charge on any atom is -0.383 e. The van der Waals surface area contributed by atoms with Gasteiger partial charge in [0.15, 0.2) is 9.84 Å². The van der Waals surface area contributed by atoms with Gasteiger partial charge in [-0.05, 0) is 48.4 Å². The van der Waals surface area contributed by atoms with Gasteiger partial charge in [0.05, 0.1) is 12.4 Å². The Balaban J connectivity index is 3.02. The molecule has 0 aliphatic heterocycles. The number of hydrogen-bond acceptors (Lipinski definition) is 4. The van der Waals surface area contributed by atoms with E-state index in [4.69, 9.17) is 4.74 Å². The highest BCUT2D eigenvalue weighted by Gasteiger charge is 2.29. The van der Waals surface area contributed by atoms with Crippen molar-refractivity contribution in [3.8, 4) is 0 Å². The molecule has 0 heterocycles. The first kappa shape index (κ1) is 21.6. The van der Waals surface area contributed by atoms with E-state index in [1.54, 1.807) is 0 Å². The lowest BCUT2D eigenvalue weighted by molar-refractivity contribution is -0.120. The first-order chi connectivity index (χ1) is 11.4. The summed E-state index contributed by atoms with van der Waals surface area (Å²) in [4.78, 5) is 12.1. The molecule has 0 aromatic heterocycles. The molecule has 0 radical (unpaired) electrons. The molecule has 0 spiro atoms. The van der Waals surface area contributed by atoms with Crippen LogP contribution in [0.1, 0.15) is 49.9 Å². The number of hydrogen-bond donors (Lipinski definition) is 1. The van der Waals surface area contributed by atoms with Crippen LogP contribution in [0.2, 0.25) is 0 Å². The fourth-order valence-corrected chi connectivity index (χ4v) is 4.08. The fourth-order valence-electron chi connectivity index (χ4n) is 2.56. The second-order valence-electron chi connectivity index (χ2n) is 7.57. The Morgan fingerprint density at radius 3 is 2.16 bits per heavy atom. The average molecular weight is 370 g/mol. The number of amides is 1. The van der Waals surface area contributed by atoms with Gasteiger partial charge in [-0.15, -0.1) is 0 Å². The number of carbonyl (C=O) groups is 1. The average Bonchev–Trinajstić information content (AvgIpc) is 2.49. The molecule has 1 N–H and O–H groups in total. The van der Waals surface area contributed by atoms with E-state index in [0.29, 0.717) is 13.2 Å². The van der Waals surface area contributed by atoms with Crippen molar-refractivity contribution in [2.45, 2.75) is 58.0 Å². The standard InChI is InChI=1S/C19H31NO4S/c1-13-10-16(19(4,5)6)11-14(2)17(13)12-25(22,23)15(3)18(21)20-8-9-24-7/h10-11,15H,8-9,12H2,1-7H3,(H,20,21). The first-order valence-corrected chi connectivity index (χ1v) is 10.2. The van der Waals surface area contributed by atoms with E-state index in [2.05, 4.69) is 26.1 Å². The van der Waals surface area contributed by atoms with Gasteiger partial charge in [-0.25, -0.2) is 8.42 Å². The van der Waals surface area contributed by atoms with E-state index >= 15 is 0 Å². The molecule has 6 heteroatoms. The van der Waals surface area contributed by atoms with Crippen molar-refractivity contribution in [3.63, 3.8) is 0 Å². The topological polar surface area (TPSA) is 72.5 Å². The molecule has 1 atom stereocenters. The number of ether oxygens (including phenoxy) is 1. The van der Waals surface area contributed by atoms with Crippen LogP contribution in [0.15, 0.2) is 12.1 Å². The smallest absolute Gasteiger partial charge is 0.238 e. The maximum Gasteiger partial charge on any atom is 0.238 e. The lowest BCUT2D eigenvalue weighted by Crippen LogP contribution is -2.39. The normalized spacial score (nSPS) is 13.6. The number of aryl methyl sites for hydroxylation is 2. The summed E-state index contributed by atoms with van der Waals surface area (Å²) in [5, 5.41) is 1.50. The largest absolute Gasteiger partial charge is 0.383 e. The molecule has 0 fully saturated rings. The number of nitrogens with one attached hydrogen (secondary N) is 1. The van der Waals surface area contributed by atoms with Gasteiger partial charge < -0.3 is 10.1 Å². The zero-order valence-electron chi connectivity index (χ0n) is 16.4. The summed E-state index contributed by atoms with van der Waals surface area (Å²) in [7, 11) is -2.07. The van der Waals surface area contributed by atoms with Crippen molar-refractivity contribution < 1.29 is 17.9 Å². The van der Waals surface area contributed by atoms with Gasteiger partial charge in [0.1, 0.15) is 5.25 Å². The maximum absolute atomic E-state index is 12.7. The molecule has 0 saturated carbocycles. The Morgan fingerprint density at radius 2 is 1.72 bits per heavy atom. The molecule has 1 aromatic carbocycles. The second kappa shape index (κ2) is 8.32. The van der Waals surface area contributed by atoms with Crippen LogP contribution in [-0.2, 0) is 30.5 Å². The van der Waals surface area contributed by atoms with Crippen LogP contribution in [0, 0.1) is 13.8 Å². The van der Waals surface area contributed by atoms with Crippen molar-refractivity contribution in [2.24, 2.45) is 0 Å². The van der Waals surface area contributed by atoms with Crippen LogP contribution in [-0.4, -0.2) is 39.8 Å². The highest BCUT2D eigenvalue weighted by molar-refractivity contribution is 7.92.